The van der Waals surface area contributed by atoms with Crippen molar-refractivity contribution in [3.8, 4) is 0 Å². The van der Waals surface area contributed by atoms with Crippen LogP contribution in [0.4, 0.5) is 15.8 Å². The van der Waals surface area contributed by atoms with Crippen LogP contribution in [0, 0.1) is 15.9 Å². The maximum absolute atomic E-state index is 13.4. The summed E-state index contributed by atoms with van der Waals surface area (Å²) in [7, 11) is 0. The molecule has 8 heteroatoms. The fourth-order valence-corrected chi connectivity index (χ4v) is 3.70. The summed E-state index contributed by atoms with van der Waals surface area (Å²) in [5.41, 5.74) is 2.31. The monoisotopic (exact) mass is 396 g/mol. The minimum Gasteiger partial charge on any atom is -0.381 e. The van der Waals surface area contributed by atoms with E-state index in [0.717, 1.165) is 24.3 Å². The van der Waals surface area contributed by atoms with E-state index in [4.69, 9.17) is 4.74 Å². The minimum absolute atomic E-state index is 0.00783. The maximum Gasteiger partial charge on any atom is 0.278 e. The summed E-state index contributed by atoms with van der Waals surface area (Å²) < 4.78 is 18.9. The number of anilines is 1. The number of pyridine rings is 1. The third-order valence-electron chi connectivity index (χ3n) is 5.17. The predicted octanol–water partition coefficient (Wildman–Crippen LogP) is 3.77. The molecular formula is C21H21FN4O3. The molecule has 1 fully saturated rings. The summed E-state index contributed by atoms with van der Waals surface area (Å²) in [4.78, 5) is 17.6. The molecule has 1 unspecified atom stereocenters. The SMILES string of the molecule is O=[N+]([O-])c1ccc(NCC(c2ccc(F)cc2)N2CCOCC2)c2ncccc12. The first-order chi connectivity index (χ1) is 14.1. The molecule has 1 atom stereocenters. The van der Waals surface area contributed by atoms with E-state index in [1.54, 1.807) is 36.5 Å². The zero-order chi connectivity index (χ0) is 20.2. The van der Waals surface area contributed by atoms with Gasteiger partial charge in [0.2, 0.25) is 0 Å². The molecule has 0 aliphatic carbocycles. The summed E-state index contributed by atoms with van der Waals surface area (Å²) in [6.07, 6.45) is 1.62. The number of morpholine rings is 1. The van der Waals surface area contributed by atoms with Crippen molar-refractivity contribution in [3.63, 3.8) is 0 Å². The normalized spacial score (nSPS) is 15.9. The second-order valence-electron chi connectivity index (χ2n) is 6.89. The van der Waals surface area contributed by atoms with Gasteiger partial charge >= 0.3 is 0 Å². The fraction of sp³-hybridized carbons (Fsp3) is 0.286. The third-order valence-corrected chi connectivity index (χ3v) is 5.17. The van der Waals surface area contributed by atoms with Crippen molar-refractivity contribution in [2.24, 2.45) is 0 Å². The second kappa shape index (κ2) is 8.50. The first kappa shape index (κ1) is 19.2. The highest BCUT2D eigenvalue weighted by Gasteiger charge is 2.23. The molecule has 0 bridgehead atoms. The number of non-ortho nitro benzene ring substituents is 1. The zero-order valence-corrected chi connectivity index (χ0v) is 15.8. The molecule has 150 valence electrons. The molecule has 3 aromatic rings. The van der Waals surface area contributed by atoms with Gasteiger partial charge in [-0.05, 0) is 35.9 Å². The number of nitrogens with zero attached hydrogens (tertiary/aromatic N) is 3. The van der Waals surface area contributed by atoms with E-state index >= 15 is 0 Å². The van der Waals surface area contributed by atoms with Crippen molar-refractivity contribution < 1.29 is 14.1 Å². The first-order valence-electron chi connectivity index (χ1n) is 9.47. The number of rotatable bonds is 6. The van der Waals surface area contributed by atoms with Gasteiger partial charge in [-0.1, -0.05) is 12.1 Å². The molecule has 1 N–H and O–H groups in total. The lowest BCUT2D eigenvalue weighted by Gasteiger charge is -2.35. The topological polar surface area (TPSA) is 80.5 Å². The molecule has 2 aromatic carbocycles. The van der Waals surface area contributed by atoms with Crippen LogP contribution in [0.5, 0.6) is 0 Å². The number of nitrogens with one attached hydrogen (secondary N) is 1. The first-order valence-corrected chi connectivity index (χ1v) is 9.47. The van der Waals surface area contributed by atoms with Gasteiger partial charge in [0.25, 0.3) is 5.69 Å². The smallest absolute Gasteiger partial charge is 0.278 e. The molecule has 1 aromatic heterocycles. The number of hydrogen-bond donors (Lipinski definition) is 1. The lowest BCUT2D eigenvalue weighted by Crippen LogP contribution is -2.41. The van der Waals surface area contributed by atoms with Crippen molar-refractivity contribution in [1.82, 2.24) is 9.88 Å². The highest BCUT2D eigenvalue weighted by Crippen LogP contribution is 2.31. The van der Waals surface area contributed by atoms with Gasteiger partial charge in [0.1, 0.15) is 11.3 Å². The van der Waals surface area contributed by atoms with Gasteiger partial charge < -0.3 is 10.1 Å². The summed E-state index contributed by atoms with van der Waals surface area (Å²) in [5.74, 6) is -0.270. The lowest BCUT2D eigenvalue weighted by atomic mass is 10.0. The van der Waals surface area contributed by atoms with Gasteiger partial charge in [-0.3, -0.25) is 20.0 Å². The summed E-state index contributed by atoms with van der Waals surface area (Å²) in [6, 6.07) is 13.1. The summed E-state index contributed by atoms with van der Waals surface area (Å²) in [6.45, 7) is 3.42. The van der Waals surface area contributed by atoms with Crippen LogP contribution >= 0.6 is 0 Å². The summed E-state index contributed by atoms with van der Waals surface area (Å²) in [5, 5.41) is 15.2. The average molecular weight is 396 g/mol. The molecule has 1 aliphatic rings. The van der Waals surface area contributed by atoms with Gasteiger partial charge in [0, 0.05) is 31.9 Å². The zero-order valence-electron chi connectivity index (χ0n) is 15.8. The number of hydrogen-bond acceptors (Lipinski definition) is 6. The number of halogens is 1. The number of benzene rings is 2. The van der Waals surface area contributed by atoms with Crippen molar-refractivity contribution in [2.75, 3.05) is 38.2 Å². The Hall–Kier alpha value is -3.10. The van der Waals surface area contributed by atoms with Crippen LogP contribution in [0.25, 0.3) is 10.9 Å². The maximum atomic E-state index is 13.4. The van der Waals surface area contributed by atoms with E-state index < -0.39 is 4.92 Å². The molecule has 0 saturated carbocycles. The molecule has 7 nitrogen and oxygen atoms in total. The Balaban J connectivity index is 1.63. The van der Waals surface area contributed by atoms with E-state index in [-0.39, 0.29) is 17.5 Å². The van der Waals surface area contributed by atoms with Crippen LogP contribution in [-0.4, -0.2) is 47.7 Å². The minimum atomic E-state index is -0.400. The van der Waals surface area contributed by atoms with Crippen LogP contribution < -0.4 is 5.32 Å². The van der Waals surface area contributed by atoms with Crippen molar-refractivity contribution in [2.45, 2.75) is 6.04 Å². The highest BCUT2D eigenvalue weighted by molar-refractivity contribution is 5.96. The third kappa shape index (κ3) is 4.18. The van der Waals surface area contributed by atoms with E-state index in [1.807, 2.05) is 0 Å². The molecule has 0 spiro atoms. The van der Waals surface area contributed by atoms with E-state index in [2.05, 4.69) is 15.2 Å². The number of fused-ring (bicyclic) bond motifs is 1. The molecule has 0 radical (unpaired) electrons. The van der Waals surface area contributed by atoms with Gasteiger partial charge in [0.15, 0.2) is 0 Å². The van der Waals surface area contributed by atoms with E-state index in [1.165, 1.54) is 18.2 Å². The number of aromatic nitrogens is 1. The lowest BCUT2D eigenvalue weighted by molar-refractivity contribution is -0.383. The standard InChI is InChI=1S/C21H21FN4O3/c22-16-5-3-15(4-6-16)20(25-10-12-29-13-11-25)14-24-18-7-8-19(26(27)28)17-2-1-9-23-21(17)18/h1-9,20,24H,10-14H2. The molecular weight excluding hydrogens is 375 g/mol. The Morgan fingerprint density at radius 3 is 2.66 bits per heavy atom. The molecule has 0 amide bonds. The fourth-order valence-electron chi connectivity index (χ4n) is 3.70. The highest BCUT2D eigenvalue weighted by atomic mass is 19.1. The van der Waals surface area contributed by atoms with Gasteiger partial charge in [0.05, 0.1) is 35.3 Å². The van der Waals surface area contributed by atoms with Crippen molar-refractivity contribution in [1.29, 1.82) is 0 Å². The van der Waals surface area contributed by atoms with Crippen LogP contribution in [-0.2, 0) is 4.74 Å². The quantitative estimate of drug-likeness (QED) is 0.505. The Morgan fingerprint density at radius 2 is 1.93 bits per heavy atom. The Morgan fingerprint density at radius 1 is 1.17 bits per heavy atom. The molecule has 2 heterocycles. The largest absolute Gasteiger partial charge is 0.381 e. The molecule has 4 rings (SSSR count). The van der Waals surface area contributed by atoms with E-state index in [0.29, 0.717) is 30.7 Å². The second-order valence-corrected chi connectivity index (χ2v) is 6.89. The Kier molecular flexibility index (Phi) is 5.64. The molecule has 1 saturated heterocycles. The van der Waals surface area contributed by atoms with Gasteiger partial charge in [-0.25, -0.2) is 4.39 Å². The molecule has 1 aliphatic heterocycles. The van der Waals surface area contributed by atoms with Crippen LogP contribution in [0.3, 0.4) is 0 Å². The number of nitro benzene ring substituents is 1. The van der Waals surface area contributed by atoms with Crippen molar-refractivity contribution >= 4 is 22.3 Å². The average Bonchev–Trinajstić information content (AvgIpc) is 2.75. The summed E-state index contributed by atoms with van der Waals surface area (Å²) >= 11 is 0. The van der Waals surface area contributed by atoms with Crippen molar-refractivity contribution in [3.05, 3.63) is 76.2 Å². The number of ether oxygens (including phenoxy) is 1. The van der Waals surface area contributed by atoms with Gasteiger partial charge in [-0.2, -0.15) is 0 Å². The van der Waals surface area contributed by atoms with E-state index in [9.17, 15) is 14.5 Å². The van der Waals surface area contributed by atoms with Gasteiger partial charge in [-0.15, -0.1) is 0 Å². The van der Waals surface area contributed by atoms with Crippen LogP contribution in [0.2, 0.25) is 0 Å². The number of nitro groups is 1. The van der Waals surface area contributed by atoms with Crippen LogP contribution in [0.15, 0.2) is 54.7 Å². The Bertz CT molecular complexity index is 1010. The Labute approximate surface area is 167 Å². The van der Waals surface area contributed by atoms with Crippen LogP contribution in [0.1, 0.15) is 11.6 Å². The predicted molar refractivity (Wildman–Crippen MR) is 108 cm³/mol. The molecule has 29 heavy (non-hydrogen) atoms.